The van der Waals surface area contributed by atoms with E-state index in [1.54, 1.807) is 0 Å². The molecule has 0 spiro atoms. The molecular formula is C19H19F3N2. The van der Waals surface area contributed by atoms with Crippen molar-refractivity contribution in [2.75, 3.05) is 11.9 Å². The SMILES string of the molecule is N[C@H]1CC(CNc2ccccc2)=CC[C@@H]1c1cc(F)c(F)cc1F. The van der Waals surface area contributed by atoms with Crippen molar-refractivity contribution in [3.05, 3.63) is 77.1 Å². The Hall–Kier alpha value is -2.27. The van der Waals surface area contributed by atoms with Crippen molar-refractivity contribution in [1.82, 2.24) is 0 Å². The maximum Gasteiger partial charge on any atom is 0.161 e. The van der Waals surface area contributed by atoms with Gasteiger partial charge in [-0.1, -0.05) is 29.8 Å². The van der Waals surface area contributed by atoms with Gasteiger partial charge in [-0.25, -0.2) is 13.2 Å². The van der Waals surface area contributed by atoms with Gasteiger partial charge in [0.05, 0.1) is 0 Å². The predicted octanol–water partition coefficient (Wildman–Crippen LogP) is 4.35. The number of nitrogens with one attached hydrogen (secondary N) is 1. The Bertz CT molecular complexity index is 744. The van der Waals surface area contributed by atoms with Gasteiger partial charge in [0.15, 0.2) is 11.6 Å². The molecule has 126 valence electrons. The van der Waals surface area contributed by atoms with Crippen LogP contribution in [-0.4, -0.2) is 12.6 Å². The van der Waals surface area contributed by atoms with Gasteiger partial charge >= 0.3 is 0 Å². The van der Waals surface area contributed by atoms with Gasteiger partial charge in [0.25, 0.3) is 0 Å². The minimum Gasteiger partial charge on any atom is -0.381 e. The number of halogens is 3. The van der Waals surface area contributed by atoms with Gasteiger partial charge in [-0.3, -0.25) is 0 Å². The fraction of sp³-hybridized carbons (Fsp3) is 0.263. The summed E-state index contributed by atoms with van der Waals surface area (Å²) in [5.74, 6) is -3.31. The zero-order valence-electron chi connectivity index (χ0n) is 13.1. The number of hydrogen-bond donors (Lipinski definition) is 2. The first-order valence-corrected chi connectivity index (χ1v) is 7.91. The molecule has 0 aromatic heterocycles. The Labute approximate surface area is 139 Å². The highest BCUT2D eigenvalue weighted by Crippen LogP contribution is 2.33. The van der Waals surface area contributed by atoms with Gasteiger partial charge in [0, 0.05) is 30.3 Å². The highest BCUT2D eigenvalue weighted by Gasteiger charge is 2.27. The van der Waals surface area contributed by atoms with Gasteiger partial charge in [-0.15, -0.1) is 0 Å². The predicted molar refractivity (Wildman–Crippen MR) is 89.3 cm³/mol. The van der Waals surface area contributed by atoms with E-state index >= 15 is 0 Å². The number of rotatable bonds is 4. The summed E-state index contributed by atoms with van der Waals surface area (Å²) in [5.41, 5.74) is 8.47. The highest BCUT2D eigenvalue weighted by atomic mass is 19.2. The second-order valence-corrected chi connectivity index (χ2v) is 6.08. The molecule has 0 amide bonds. The number of nitrogens with two attached hydrogens (primary N) is 1. The smallest absolute Gasteiger partial charge is 0.161 e. The normalized spacial score (nSPS) is 20.6. The van der Waals surface area contributed by atoms with Crippen LogP contribution in [0, 0.1) is 17.5 Å². The van der Waals surface area contributed by atoms with Crippen LogP contribution in [0.2, 0.25) is 0 Å². The molecule has 0 heterocycles. The van der Waals surface area contributed by atoms with Gasteiger partial charge in [0.1, 0.15) is 5.82 Å². The second-order valence-electron chi connectivity index (χ2n) is 6.08. The molecule has 2 nitrogen and oxygen atoms in total. The Morgan fingerprint density at radius 1 is 1.00 bits per heavy atom. The molecule has 3 N–H and O–H groups in total. The van der Waals surface area contributed by atoms with E-state index in [0.29, 0.717) is 25.5 Å². The molecular weight excluding hydrogens is 313 g/mol. The van der Waals surface area contributed by atoms with Crippen LogP contribution < -0.4 is 11.1 Å². The molecule has 0 saturated heterocycles. The largest absolute Gasteiger partial charge is 0.381 e. The zero-order chi connectivity index (χ0) is 17.1. The average Bonchev–Trinajstić information content (AvgIpc) is 2.58. The average molecular weight is 332 g/mol. The van der Waals surface area contributed by atoms with Gasteiger partial charge in [0.2, 0.25) is 0 Å². The van der Waals surface area contributed by atoms with E-state index in [1.807, 2.05) is 36.4 Å². The standard InChI is InChI=1S/C19H19F3N2/c20-16-10-18(22)17(21)9-15(16)14-7-6-12(8-19(14)23)11-24-13-4-2-1-3-5-13/h1-6,9-10,14,19,24H,7-8,11,23H2/t14-,19+/m1/s1. The van der Waals surface area contributed by atoms with E-state index in [1.165, 1.54) is 0 Å². The van der Waals surface area contributed by atoms with E-state index in [0.717, 1.165) is 17.3 Å². The first-order chi connectivity index (χ1) is 11.5. The minimum atomic E-state index is -1.18. The van der Waals surface area contributed by atoms with E-state index in [9.17, 15) is 13.2 Å². The molecule has 0 aliphatic heterocycles. The number of allylic oxidation sites excluding steroid dienone is 1. The maximum absolute atomic E-state index is 14.0. The first-order valence-electron chi connectivity index (χ1n) is 7.91. The number of benzene rings is 2. The number of para-hydroxylation sites is 1. The minimum absolute atomic E-state index is 0.146. The van der Waals surface area contributed by atoms with E-state index in [-0.39, 0.29) is 17.5 Å². The van der Waals surface area contributed by atoms with Crippen molar-refractivity contribution in [1.29, 1.82) is 0 Å². The first kappa shape index (κ1) is 16.6. The van der Waals surface area contributed by atoms with Crippen LogP contribution in [0.5, 0.6) is 0 Å². The lowest BCUT2D eigenvalue weighted by Crippen LogP contribution is -2.33. The van der Waals surface area contributed by atoms with Crippen LogP contribution in [0.15, 0.2) is 54.1 Å². The van der Waals surface area contributed by atoms with Gasteiger partial charge in [-0.05, 0) is 36.6 Å². The number of anilines is 1. The Morgan fingerprint density at radius 2 is 1.71 bits per heavy atom. The van der Waals surface area contributed by atoms with Crippen molar-refractivity contribution >= 4 is 5.69 Å². The monoisotopic (exact) mass is 332 g/mol. The molecule has 2 aromatic carbocycles. The second kappa shape index (κ2) is 7.09. The van der Waals surface area contributed by atoms with Crippen molar-refractivity contribution in [2.24, 2.45) is 5.73 Å². The lowest BCUT2D eigenvalue weighted by Gasteiger charge is -2.29. The summed E-state index contributed by atoms with van der Waals surface area (Å²) in [7, 11) is 0. The molecule has 0 unspecified atom stereocenters. The highest BCUT2D eigenvalue weighted by molar-refractivity contribution is 5.44. The Kier molecular flexibility index (Phi) is 4.90. The third kappa shape index (κ3) is 3.62. The fourth-order valence-corrected chi connectivity index (χ4v) is 3.09. The lowest BCUT2D eigenvalue weighted by molar-refractivity contribution is 0.455. The summed E-state index contributed by atoms with van der Waals surface area (Å²) in [5, 5.41) is 3.31. The summed E-state index contributed by atoms with van der Waals surface area (Å²) in [6.45, 7) is 0.657. The Morgan fingerprint density at radius 3 is 2.42 bits per heavy atom. The molecule has 5 heteroatoms. The van der Waals surface area contributed by atoms with Crippen molar-refractivity contribution in [2.45, 2.75) is 24.8 Å². The number of hydrogen-bond acceptors (Lipinski definition) is 2. The molecule has 1 aliphatic rings. The summed E-state index contributed by atoms with van der Waals surface area (Å²) in [6.07, 6.45) is 3.10. The van der Waals surface area contributed by atoms with Crippen molar-refractivity contribution in [3.63, 3.8) is 0 Å². The summed E-state index contributed by atoms with van der Waals surface area (Å²) < 4.78 is 40.5. The zero-order valence-corrected chi connectivity index (χ0v) is 13.1. The third-order valence-corrected chi connectivity index (χ3v) is 4.41. The molecule has 24 heavy (non-hydrogen) atoms. The molecule has 0 radical (unpaired) electrons. The van der Waals surface area contributed by atoms with Gasteiger partial charge in [-0.2, -0.15) is 0 Å². The third-order valence-electron chi connectivity index (χ3n) is 4.41. The lowest BCUT2D eigenvalue weighted by atomic mass is 9.80. The van der Waals surface area contributed by atoms with Crippen LogP contribution in [0.4, 0.5) is 18.9 Å². The molecule has 3 rings (SSSR count). The van der Waals surface area contributed by atoms with Crippen LogP contribution in [0.1, 0.15) is 24.3 Å². The van der Waals surface area contributed by atoms with E-state index < -0.39 is 17.5 Å². The molecule has 0 fully saturated rings. The summed E-state index contributed by atoms with van der Waals surface area (Å²) in [4.78, 5) is 0. The van der Waals surface area contributed by atoms with E-state index in [2.05, 4.69) is 5.32 Å². The maximum atomic E-state index is 14.0. The topological polar surface area (TPSA) is 38.0 Å². The van der Waals surface area contributed by atoms with Crippen LogP contribution >= 0.6 is 0 Å². The van der Waals surface area contributed by atoms with Crippen LogP contribution in [0.25, 0.3) is 0 Å². The van der Waals surface area contributed by atoms with Crippen molar-refractivity contribution < 1.29 is 13.2 Å². The Balaban J connectivity index is 1.70. The molecule has 0 saturated carbocycles. The molecule has 2 atom stereocenters. The van der Waals surface area contributed by atoms with Gasteiger partial charge < -0.3 is 11.1 Å². The van der Waals surface area contributed by atoms with Crippen LogP contribution in [-0.2, 0) is 0 Å². The van der Waals surface area contributed by atoms with Crippen LogP contribution in [0.3, 0.4) is 0 Å². The molecule has 1 aliphatic carbocycles. The summed E-state index contributed by atoms with van der Waals surface area (Å²) in [6, 6.07) is 11.0. The summed E-state index contributed by atoms with van der Waals surface area (Å²) >= 11 is 0. The van der Waals surface area contributed by atoms with E-state index in [4.69, 9.17) is 5.73 Å². The molecule has 2 aromatic rings. The van der Waals surface area contributed by atoms with Crippen molar-refractivity contribution in [3.8, 4) is 0 Å². The molecule has 0 bridgehead atoms. The quantitative estimate of drug-likeness (QED) is 0.645. The fourth-order valence-electron chi connectivity index (χ4n) is 3.09.